The second-order valence-corrected chi connectivity index (χ2v) is 9.21. The molecular formula is C24H24ClN5O2. The third-order valence-electron chi connectivity index (χ3n) is 7.05. The fraction of sp³-hybridized carbons (Fsp3) is 0.333. The van der Waals surface area contributed by atoms with Crippen LogP contribution in [0.15, 0.2) is 41.3 Å². The summed E-state index contributed by atoms with van der Waals surface area (Å²) in [6, 6.07) is 10.7. The Labute approximate surface area is 189 Å². The van der Waals surface area contributed by atoms with Crippen molar-refractivity contribution in [1.29, 1.82) is 0 Å². The summed E-state index contributed by atoms with van der Waals surface area (Å²) in [6.07, 6.45) is 3.96. The molecule has 0 radical (unpaired) electrons. The summed E-state index contributed by atoms with van der Waals surface area (Å²) in [4.78, 5) is 18.1. The number of rotatable bonds is 3. The van der Waals surface area contributed by atoms with E-state index < -0.39 is 0 Å². The molecular weight excluding hydrogens is 426 g/mol. The molecule has 6 rings (SSSR count). The molecule has 7 nitrogen and oxygen atoms in total. The zero-order valence-corrected chi connectivity index (χ0v) is 18.3. The number of pyridine rings is 1. The lowest BCUT2D eigenvalue weighted by molar-refractivity contribution is -0.0712. The molecule has 4 N–H and O–H groups in total. The van der Waals surface area contributed by atoms with Crippen LogP contribution in [-0.2, 0) is 4.74 Å². The minimum atomic E-state index is -0.289. The number of anilines is 1. The molecule has 0 saturated carbocycles. The van der Waals surface area contributed by atoms with E-state index in [2.05, 4.69) is 32.2 Å². The largest absolute Gasteiger partial charge is 0.394 e. The molecule has 0 atom stereocenters. The van der Waals surface area contributed by atoms with Crippen LogP contribution in [0.2, 0.25) is 5.02 Å². The maximum Gasteiger partial charge on any atom is 0.272 e. The molecule has 2 aliphatic rings. The zero-order chi connectivity index (χ0) is 21.8. The highest BCUT2D eigenvalue weighted by atomic mass is 35.5. The maximum atomic E-state index is 12.6. The molecule has 2 fully saturated rings. The molecule has 2 aromatic heterocycles. The second-order valence-electron chi connectivity index (χ2n) is 8.80. The van der Waals surface area contributed by atoms with Crippen LogP contribution in [0, 0.1) is 0 Å². The summed E-state index contributed by atoms with van der Waals surface area (Å²) < 4.78 is 5.36. The highest BCUT2D eigenvalue weighted by Crippen LogP contribution is 2.39. The molecule has 0 aliphatic carbocycles. The Morgan fingerprint density at radius 3 is 2.69 bits per heavy atom. The first kappa shape index (κ1) is 19.8. The Morgan fingerprint density at radius 2 is 1.94 bits per heavy atom. The number of piperidine rings is 1. The summed E-state index contributed by atoms with van der Waals surface area (Å²) in [7, 11) is 0. The Hall–Kier alpha value is -2.87. The number of H-pyrrole nitrogens is 2. The first-order chi connectivity index (χ1) is 15.6. The van der Waals surface area contributed by atoms with Crippen LogP contribution in [0.25, 0.3) is 32.9 Å². The number of hydrogen-bond donors (Lipinski definition) is 3. The van der Waals surface area contributed by atoms with Gasteiger partial charge < -0.3 is 15.5 Å². The number of halogens is 1. The SMILES string of the molecule is Nc1c(-c2ccc(Cl)c3[nH]ncc23)c2cc(C3CCN(C4COC4)CC3)ccc2[nH]c1=O. The van der Waals surface area contributed by atoms with Crippen molar-refractivity contribution in [2.24, 2.45) is 0 Å². The van der Waals surface area contributed by atoms with Crippen LogP contribution in [0.3, 0.4) is 0 Å². The van der Waals surface area contributed by atoms with E-state index in [9.17, 15) is 4.79 Å². The molecule has 2 aromatic carbocycles. The number of fused-ring (bicyclic) bond motifs is 2. The smallest absolute Gasteiger partial charge is 0.272 e. The van der Waals surface area contributed by atoms with E-state index in [0.717, 1.165) is 72.1 Å². The highest BCUT2D eigenvalue weighted by molar-refractivity contribution is 6.35. The molecule has 4 aromatic rings. The topological polar surface area (TPSA) is 100 Å². The van der Waals surface area contributed by atoms with Crippen molar-refractivity contribution >= 4 is 39.1 Å². The fourth-order valence-corrected chi connectivity index (χ4v) is 5.33. The van der Waals surface area contributed by atoms with Gasteiger partial charge in [0.1, 0.15) is 5.69 Å². The van der Waals surface area contributed by atoms with Gasteiger partial charge in [-0.3, -0.25) is 14.8 Å². The predicted octanol–water partition coefficient (Wildman–Crippen LogP) is 3.89. The van der Waals surface area contributed by atoms with Crippen molar-refractivity contribution < 1.29 is 4.74 Å². The van der Waals surface area contributed by atoms with Crippen LogP contribution < -0.4 is 11.3 Å². The first-order valence-corrected chi connectivity index (χ1v) is 11.4. The molecule has 0 amide bonds. The van der Waals surface area contributed by atoms with Crippen LogP contribution in [0.4, 0.5) is 5.69 Å². The number of aromatic nitrogens is 3. The highest BCUT2D eigenvalue weighted by Gasteiger charge is 2.30. The summed E-state index contributed by atoms with van der Waals surface area (Å²) in [6.45, 7) is 3.90. The van der Waals surface area contributed by atoms with Crippen LogP contribution in [0.1, 0.15) is 24.3 Å². The predicted molar refractivity (Wildman–Crippen MR) is 127 cm³/mol. The summed E-state index contributed by atoms with van der Waals surface area (Å²) in [5.41, 5.74) is 10.7. The van der Waals surface area contributed by atoms with Gasteiger partial charge in [-0.05, 0) is 61.2 Å². The van der Waals surface area contributed by atoms with E-state index in [-0.39, 0.29) is 11.2 Å². The van der Waals surface area contributed by atoms with Crippen molar-refractivity contribution in [3.63, 3.8) is 0 Å². The molecule has 0 bridgehead atoms. The monoisotopic (exact) mass is 449 g/mol. The van der Waals surface area contributed by atoms with Crippen molar-refractivity contribution in [2.75, 3.05) is 32.0 Å². The molecule has 2 saturated heterocycles. The molecule has 4 heterocycles. The molecule has 164 valence electrons. The van der Waals surface area contributed by atoms with E-state index >= 15 is 0 Å². The Balaban J connectivity index is 1.45. The van der Waals surface area contributed by atoms with E-state index in [1.807, 2.05) is 18.2 Å². The maximum absolute atomic E-state index is 12.6. The minimum absolute atomic E-state index is 0.208. The molecule has 0 spiro atoms. The average Bonchev–Trinajstić information content (AvgIpc) is 3.26. The summed E-state index contributed by atoms with van der Waals surface area (Å²) in [5.74, 6) is 0.483. The van der Waals surface area contributed by atoms with Crippen LogP contribution in [-0.4, -0.2) is 52.4 Å². The van der Waals surface area contributed by atoms with Gasteiger partial charge >= 0.3 is 0 Å². The average molecular weight is 450 g/mol. The number of aromatic amines is 2. The number of benzene rings is 2. The summed E-state index contributed by atoms with van der Waals surface area (Å²) in [5, 5.41) is 9.47. The van der Waals surface area contributed by atoms with E-state index in [4.69, 9.17) is 22.1 Å². The van der Waals surface area contributed by atoms with Gasteiger partial charge in [0.2, 0.25) is 0 Å². The van der Waals surface area contributed by atoms with Gasteiger partial charge in [-0.2, -0.15) is 5.10 Å². The van der Waals surface area contributed by atoms with Crippen LogP contribution >= 0.6 is 11.6 Å². The van der Waals surface area contributed by atoms with Gasteiger partial charge in [-0.25, -0.2) is 0 Å². The minimum Gasteiger partial charge on any atom is -0.394 e. The summed E-state index contributed by atoms with van der Waals surface area (Å²) >= 11 is 6.34. The number of nitrogens with one attached hydrogen (secondary N) is 2. The van der Waals surface area contributed by atoms with Gasteiger partial charge in [0.15, 0.2) is 0 Å². The lowest BCUT2D eigenvalue weighted by atomic mass is 9.86. The number of hydrogen-bond acceptors (Lipinski definition) is 5. The molecule has 2 aliphatic heterocycles. The molecule has 32 heavy (non-hydrogen) atoms. The number of likely N-dealkylation sites (tertiary alicyclic amines) is 1. The Morgan fingerprint density at radius 1 is 1.12 bits per heavy atom. The fourth-order valence-electron chi connectivity index (χ4n) is 5.12. The number of ether oxygens (including phenoxy) is 1. The zero-order valence-electron chi connectivity index (χ0n) is 17.5. The number of nitrogens with zero attached hydrogens (tertiary/aromatic N) is 2. The van der Waals surface area contributed by atoms with Gasteiger partial charge in [0, 0.05) is 21.9 Å². The Kier molecular flexibility index (Phi) is 4.71. The van der Waals surface area contributed by atoms with E-state index in [1.165, 1.54) is 5.56 Å². The molecule has 0 unspecified atom stereocenters. The Bertz CT molecular complexity index is 1380. The third-order valence-corrected chi connectivity index (χ3v) is 7.36. The molecule has 8 heteroatoms. The lowest BCUT2D eigenvalue weighted by Crippen LogP contribution is -2.51. The van der Waals surface area contributed by atoms with E-state index in [1.54, 1.807) is 6.20 Å². The third kappa shape index (κ3) is 3.11. The van der Waals surface area contributed by atoms with Gasteiger partial charge in [-0.15, -0.1) is 0 Å². The lowest BCUT2D eigenvalue weighted by Gasteiger charge is -2.41. The van der Waals surface area contributed by atoms with E-state index in [0.29, 0.717) is 17.0 Å². The first-order valence-electron chi connectivity index (χ1n) is 11.0. The van der Waals surface area contributed by atoms with Crippen LogP contribution in [0.5, 0.6) is 0 Å². The number of nitrogen functional groups attached to an aromatic ring is 1. The van der Waals surface area contributed by atoms with Crippen molar-refractivity contribution in [3.8, 4) is 11.1 Å². The normalized spacial score (nSPS) is 18.4. The second kappa shape index (κ2) is 7.62. The quantitative estimate of drug-likeness (QED) is 0.440. The standard InChI is InChI=1S/C24H24ClN5O2/c25-19-3-2-16(18-10-27-29-23(18)19)21-17-9-14(1-4-20(17)28-24(31)22(21)26)13-5-7-30(8-6-13)15-11-32-12-15/h1-4,9-10,13,15H,5-8,11-12,26H2,(H,27,29)(H,28,31). The van der Waals surface area contributed by atoms with Gasteiger partial charge in [0.25, 0.3) is 5.56 Å². The van der Waals surface area contributed by atoms with Gasteiger partial charge in [-0.1, -0.05) is 23.7 Å². The number of nitrogens with two attached hydrogens (primary N) is 1. The van der Waals surface area contributed by atoms with Gasteiger partial charge in [0.05, 0.1) is 36.0 Å². The van der Waals surface area contributed by atoms with Crippen molar-refractivity contribution in [1.82, 2.24) is 20.1 Å². The van der Waals surface area contributed by atoms with Crippen molar-refractivity contribution in [2.45, 2.75) is 24.8 Å². The van der Waals surface area contributed by atoms with Crippen molar-refractivity contribution in [3.05, 3.63) is 57.5 Å².